The highest BCUT2D eigenvalue weighted by Gasteiger charge is 2.24. The predicted molar refractivity (Wildman–Crippen MR) is 117 cm³/mol. The molecule has 0 radical (unpaired) electrons. The van der Waals surface area contributed by atoms with E-state index in [-0.39, 0.29) is 11.4 Å². The Morgan fingerprint density at radius 3 is 2.48 bits per heavy atom. The molecule has 148 valence electrons. The molecule has 4 aromatic rings. The van der Waals surface area contributed by atoms with E-state index in [4.69, 9.17) is 11.6 Å². The van der Waals surface area contributed by atoms with E-state index in [2.05, 4.69) is 9.82 Å². The largest absolute Gasteiger partial charge is 0.266 e. The van der Waals surface area contributed by atoms with Gasteiger partial charge in [0.2, 0.25) is 10.0 Å². The Balaban J connectivity index is 1.66. The topological polar surface area (TPSA) is 64.0 Å². The molecule has 1 N–H and O–H groups in total. The number of nitrogens with zero attached hydrogens (tertiary/aromatic N) is 2. The molecule has 0 aliphatic heterocycles. The molecular weight excluding hydrogens is 426 g/mol. The first-order valence-corrected chi connectivity index (χ1v) is 11.7. The molecule has 2 aromatic heterocycles. The molecule has 0 fully saturated rings. The van der Waals surface area contributed by atoms with Gasteiger partial charge in [0.15, 0.2) is 0 Å². The Bertz CT molecular complexity index is 1200. The number of hydrogen-bond donors (Lipinski definition) is 1. The number of benzene rings is 2. The van der Waals surface area contributed by atoms with E-state index in [1.165, 1.54) is 11.3 Å². The lowest BCUT2D eigenvalue weighted by Gasteiger charge is -2.07. The monoisotopic (exact) mass is 443 g/mol. The quantitative estimate of drug-likeness (QED) is 0.446. The Labute approximate surface area is 178 Å². The van der Waals surface area contributed by atoms with Crippen molar-refractivity contribution in [2.24, 2.45) is 0 Å². The van der Waals surface area contributed by atoms with Gasteiger partial charge in [-0.3, -0.25) is 4.68 Å². The van der Waals surface area contributed by atoms with Crippen molar-refractivity contribution < 1.29 is 8.42 Å². The Morgan fingerprint density at radius 1 is 1.00 bits per heavy atom. The van der Waals surface area contributed by atoms with Crippen molar-refractivity contribution in [3.8, 4) is 10.6 Å². The van der Waals surface area contributed by atoms with Gasteiger partial charge in [-0.1, -0.05) is 66.2 Å². The maximum absolute atomic E-state index is 13.1. The molecule has 0 aliphatic rings. The van der Waals surface area contributed by atoms with Gasteiger partial charge < -0.3 is 0 Å². The van der Waals surface area contributed by atoms with E-state index in [0.717, 1.165) is 10.4 Å². The molecule has 0 atom stereocenters. The zero-order valence-corrected chi connectivity index (χ0v) is 17.7. The predicted octanol–water partition coefficient (Wildman–Crippen LogP) is 4.79. The molecule has 0 bridgehead atoms. The lowest BCUT2D eigenvalue weighted by Crippen LogP contribution is -2.23. The smallest absolute Gasteiger partial charge is 0.244 e. The first kappa shape index (κ1) is 19.8. The van der Waals surface area contributed by atoms with E-state index in [0.29, 0.717) is 22.8 Å². The summed E-state index contributed by atoms with van der Waals surface area (Å²) in [5.74, 6) is 0. The molecule has 0 saturated heterocycles. The van der Waals surface area contributed by atoms with Crippen LogP contribution in [-0.2, 0) is 23.1 Å². The summed E-state index contributed by atoms with van der Waals surface area (Å²) >= 11 is 7.61. The van der Waals surface area contributed by atoms with Gasteiger partial charge in [0.1, 0.15) is 10.6 Å². The molecule has 4 rings (SSSR count). The number of halogens is 1. The zero-order valence-electron chi connectivity index (χ0n) is 15.3. The molecule has 0 aliphatic carbocycles. The molecule has 5 nitrogen and oxygen atoms in total. The van der Waals surface area contributed by atoms with Gasteiger partial charge in [0.05, 0.1) is 11.4 Å². The van der Waals surface area contributed by atoms with Crippen LogP contribution < -0.4 is 4.72 Å². The maximum Gasteiger partial charge on any atom is 0.244 e. The maximum atomic E-state index is 13.1. The van der Waals surface area contributed by atoms with Crippen molar-refractivity contribution in [3.05, 3.63) is 94.5 Å². The summed E-state index contributed by atoms with van der Waals surface area (Å²) in [6, 6.07) is 20.7. The van der Waals surface area contributed by atoms with Crippen molar-refractivity contribution in [2.75, 3.05) is 0 Å². The Morgan fingerprint density at radius 2 is 1.76 bits per heavy atom. The van der Waals surface area contributed by atoms with Crippen LogP contribution in [0.2, 0.25) is 5.02 Å². The first-order valence-electron chi connectivity index (χ1n) is 8.91. The van der Waals surface area contributed by atoms with Crippen LogP contribution in [0.3, 0.4) is 0 Å². The van der Waals surface area contributed by atoms with Crippen molar-refractivity contribution in [1.29, 1.82) is 0 Å². The third-order valence-corrected chi connectivity index (χ3v) is 7.02. The van der Waals surface area contributed by atoms with Crippen LogP contribution in [0.5, 0.6) is 0 Å². The SMILES string of the molecule is O=S(=O)(NCc1ccccc1Cl)c1cn(Cc2ccccc2)nc1-c1cccs1. The van der Waals surface area contributed by atoms with Crippen molar-refractivity contribution >= 4 is 33.0 Å². The zero-order chi connectivity index (χ0) is 20.3. The normalized spacial score (nSPS) is 11.6. The second kappa shape index (κ2) is 8.51. The van der Waals surface area contributed by atoms with Crippen molar-refractivity contribution in [1.82, 2.24) is 14.5 Å². The summed E-state index contributed by atoms with van der Waals surface area (Å²) in [5.41, 5.74) is 2.20. The minimum absolute atomic E-state index is 0.107. The van der Waals surface area contributed by atoms with Crippen LogP contribution in [0.15, 0.2) is 83.2 Å². The lowest BCUT2D eigenvalue weighted by molar-refractivity contribution is 0.581. The molecule has 0 unspecified atom stereocenters. The molecule has 0 spiro atoms. The number of nitrogens with one attached hydrogen (secondary N) is 1. The lowest BCUT2D eigenvalue weighted by atomic mass is 10.2. The molecule has 0 amide bonds. The fraction of sp³-hybridized carbons (Fsp3) is 0.0952. The Kier molecular flexibility index (Phi) is 5.82. The number of aromatic nitrogens is 2. The highest BCUT2D eigenvalue weighted by atomic mass is 35.5. The van der Waals surface area contributed by atoms with Gasteiger partial charge in [0, 0.05) is 17.8 Å². The minimum atomic E-state index is -3.79. The average Bonchev–Trinajstić information content (AvgIpc) is 3.38. The van der Waals surface area contributed by atoms with Crippen molar-refractivity contribution in [2.45, 2.75) is 18.0 Å². The summed E-state index contributed by atoms with van der Waals surface area (Å²) in [5, 5.41) is 6.99. The average molecular weight is 444 g/mol. The van der Waals surface area contributed by atoms with Crippen LogP contribution in [0.1, 0.15) is 11.1 Å². The van der Waals surface area contributed by atoms with E-state index in [9.17, 15) is 8.42 Å². The van der Waals surface area contributed by atoms with Gasteiger partial charge >= 0.3 is 0 Å². The molecule has 29 heavy (non-hydrogen) atoms. The van der Waals surface area contributed by atoms with Crippen LogP contribution in [0, 0.1) is 0 Å². The van der Waals surface area contributed by atoms with Crippen LogP contribution in [0.4, 0.5) is 0 Å². The number of hydrogen-bond acceptors (Lipinski definition) is 4. The van der Waals surface area contributed by atoms with E-state index >= 15 is 0 Å². The summed E-state index contributed by atoms with van der Waals surface area (Å²) in [6.45, 7) is 0.592. The fourth-order valence-electron chi connectivity index (χ4n) is 2.93. The van der Waals surface area contributed by atoms with Crippen LogP contribution in [0.25, 0.3) is 10.6 Å². The summed E-state index contributed by atoms with van der Waals surface area (Å²) in [6.07, 6.45) is 1.58. The standard InChI is InChI=1S/C21H18ClN3O2S2/c22-18-10-5-4-9-17(18)13-23-29(26,27)20-15-25(14-16-7-2-1-3-8-16)24-21(20)19-11-6-12-28-19/h1-12,15,23H,13-14H2. The summed E-state index contributed by atoms with van der Waals surface area (Å²) in [7, 11) is -3.79. The van der Waals surface area contributed by atoms with E-state index < -0.39 is 10.0 Å². The molecule has 0 saturated carbocycles. The highest BCUT2D eigenvalue weighted by Crippen LogP contribution is 2.30. The second-order valence-corrected chi connectivity index (χ2v) is 9.51. The third kappa shape index (κ3) is 4.59. The highest BCUT2D eigenvalue weighted by molar-refractivity contribution is 7.89. The molecule has 2 heterocycles. The summed E-state index contributed by atoms with van der Waals surface area (Å²) < 4.78 is 30.5. The number of sulfonamides is 1. The van der Waals surface area contributed by atoms with Crippen molar-refractivity contribution in [3.63, 3.8) is 0 Å². The Hall–Kier alpha value is -2.45. The first-order chi connectivity index (χ1) is 14.0. The van der Waals surface area contributed by atoms with Gasteiger partial charge in [-0.25, -0.2) is 13.1 Å². The second-order valence-electron chi connectivity index (χ2n) is 6.42. The fourth-order valence-corrected chi connectivity index (χ4v) is 5.08. The minimum Gasteiger partial charge on any atom is -0.266 e. The van der Waals surface area contributed by atoms with Gasteiger partial charge in [0.25, 0.3) is 0 Å². The third-order valence-electron chi connectivity index (χ3n) is 4.37. The van der Waals surface area contributed by atoms with Crippen LogP contribution >= 0.6 is 22.9 Å². The van der Waals surface area contributed by atoms with Crippen LogP contribution in [-0.4, -0.2) is 18.2 Å². The van der Waals surface area contributed by atoms with Gasteiger partial charge in [-0.05, 0) is 28.6 Å². The molecule has 8 heteroatoms. The number of rotatable bonds is 7. The van der Waals surface area contributed by atoms with E-state index in [1.807, 2.05) is 60.0 Å². The summed E-state index contributed by atoms with van der Waals surface area (Å²) in [4.78, 5) is 0.956. The van der Waals surface area contributed by atoms with Gasteiger partial charge in [-0.15, -0.1) is 11.3 Å². The van der Waals surface area contributed by atoms with Gasteiger partial charge in [-0.2, -0.15) is 5.10 Å². The molecular formula is C21H18ClN3O2S2. The van der Waals surface area contributed by atoms with E-state index in [1.54, 1.807) is 23.0 Å². The number of thiophene rings is 1. The molecule has 2 aromatic carbocycles.